The number of hydrogen-bond acceptors (Lipinski definition) is 4. The third-order valence-corrected chi connectivity index (χ3v) is 6.00. The van der Waals surface area contributed by atoms with Gasteiger partial charge in [-0.05, 0) is 36.5 Å². The van der Waals surface area contributed by atoms with Crippen LogP contribution in [0.15, 0.2) is 41.0 Å². The molecule has 0 bridgehead atoms. The summed E-state index contributed by atoms with van der Waals surface area (Å²) in [5.74, 6) is 0.483. The molecule has 6 nitrogen and oxygen atoms in total. The van der Waals surface area contributed by atoms with Crippen LogP contribution in [0.3, 0.4) is 0 Å². The maximum Gasteiger partial charge on any atom is 0.287 e. The number of anilines is 1. The standard InChI is InChI=1S/C22H27N3O3/c23-13-18(15-6-2-1-3-7-15)24-22(27)21-17(10-11-28-21)14-25-19-9-5-4-8-16(19)12-20(25)26/h4-5,8-11,15,18H,1-3,6-7,12-14,23H2,(H,24,27). The highest BCUT2D eigenvalue weighted by molar-refractivity contribution is 6.01. The average Bonchev–Trinajstić information content (AvgIpc) is 3.31. The van der Waals surface area contributed by atoms with Crippen LogP contribution in [0, 0.1) is 5.92 Å². The second-order valence-corrected chi connectivity index (χ2v) is 7.77. The number of nitrogens with zero attached hydrogens (tertiary/aromatic N) is 1. The molecule has 1 saturated carbocycles. The Bertz CT molecular complexity index is 854. The van der Waals surface area contributed by atoms with Crippen LogP contribution < -0.4 is 16.0 Å². The van der Waals surface area contributed by atoms with Crippen molar-refractivity contribution < 1.29 is 14.0 Å². The average molecular weight is 381 g/mol. The fourth-order valence-corrected chi connectivity index (χ4v) is 4.46. The van der Waals surface area contributed by atoms with Gasteiger partial charge in [-0.3, -0.25) is 9.59 Å². The minimum atomic E-state index is -0.249. The number of amides is 2. The predicted octanol–water partition coefficient (Wildman–Crippen LogP) is 3.01. The summed E-state index contributed by atoms with van der Waals surface area (Å²) in [4.78, 5) is 27.0. The number of nitrogens with two attached hydrogens (primary N) is 1. The van der Waals surface area contributed by atoms with Gasteiger partial charge in [0.05, 0.1) is 19.2 Å². The summed E-state index contributed by atoms with van der Waals surface area (Å²) in [6, 6.07) is 9.48. The summed E-state index contributed by atoms with van der Waals surface area (Å²) in [6.07, 6.45) is 7.76. The summed E-state index contributed by atoms with van der Waals surface area (Å²) < 4.78 is 5.50. The van der Waals surface area contributed by atoms with Crippen molar-refractivity contribution in [2.24, 2.45) is 11.7 Å². The number of nitrogens with one attached hydrogen (secondary N) is 1. The number of benzene rings is 1. The summed E-state index contributed by atoms with van der Waals surface area (Å²) in [5, 5.41) is 3.07. The topological polar surface area (TPSA) is 88.6 Å². The Hall–Kier alpha value is -2.60. The number of para-hydroxylation sites is 1. The molecular formula is C22H27N3O3. The Morgan fingerprint density at radius 1 is 1.21 bits per heavy atom. The van der Waals surface area contributed by atoms with Gasteiger partial charge in [0.1, 0.15) is 0 Å². The van der Waals surface area contributed by atoms with E-state index in [4.69, 9.17) is 10.2 Å². The SMILES string of the molecule is NCC(NC(=O)c1occc1CN1C(=O)Cc2ccccc21)C1CCCCC1. The van der Waals surface area contributed by atoms with Crippen LogP contribution >= 0.6 is 0 Å². The van der Waals surface area contributed by atoms with Gasteiger partial charge in [0, 0.05) is 23.8 Å². The smallest absolute Gasteiger partial charge is 0.287 e. The third-order valence-electron chi connectivity index (χ3n) is 6.00. The molecule has 148 valence electrons. The minimum absolute atomic E-state index is 0.0378. The first-order valence-corrected chi connectivity index (χ1v) is 10.1. The first kappa shape index (κ1) is 18.7. The number of rotatable bonds is 6. The van der Waals surface area contributed by atoms with Crippen molar-refractivity contribution in [1.29, 1.82) is 0 Å². The molecule has 2 aromatic rings. The van der Waals surface area contributed by atoms with E-state index in [1.54, 1.807) is 11.0 Å². The van der Waals surface area contributed by atoms with E-state index in [1.807, 2.05) is 24.3 Å². The van der Waals surface area contributed by atoms with E-state index in [0.29, 0.717) is 31.0 Å². The Morgan fingerprint density at radius 3 is 2.79 bits per heavy atom. The third kappa shape index (κ3) is 3.69. The summed E-state index contributed by atoms with van der Waals surface area (Å²) in [5.41, 5.74) is 8.58. The molecular weight excluding hydrogens is 354 g/mol. The highest BCUT2D eigenvalue weighted by Crippen LogP contribution is 2.31. The molecule has 1 fully saturated rings. The van der Waals surface area contributed by atoms with Gasteiger partial charge in [0.25, 0.3) is 5.91 Å². The lowest BCUT2D eigenvalue weighted by Crippen LogP contribution is -2.46. The molecule has 2 heterocycles. The van der Waals surface area contributed by atoms with E-state index in [0.717, 1.165) is 24.1 Å². The molecule has 2 aliphatic rings. The molecule has 3 N–H and O–H groups in total. The second-order valence-electron chi connectivity index (χ2n) is 7.77. The van der Waals surface area contributed by atoms with Crippen LogP contribution in [-0.4, -0.2) is 24.4 Å². The lowest BCUT2D eigenvalue weighted by atomic mass is 9.84. The first-order valence-electron chi connectivity index (χ1n) is 10.1. The van der Waals surface area contributed by atoms with Crippen LogP contribution in [-0.2, 0) is 17.8 Å². The Labute approximate surface area is 165 Å². The molecule has 1 aliphatic heterocycles. The number of hydrogen-bond donors (Lipinski definition) is 2. The molecule has 0 spiro atoms. The van der Waals surface area contributed by atoms with Crippen molar-refractivity contribution in [3.63, 3.8) is 0 Å². The molecule has 0 saturated heterocycles. The van der Waals surface area contributed by atoms with Crippen LogP contribution in [0.5, 0.6) is 0 Å². The molecule has 1 unspecified atom stereocenters. The monoisotopic (exact) mass is 381 g/mol. The van der Waals surface area contributed by atoms with Gasteiger partial charge in [-0.15, -0.1) is 0 Å². The van der Waals surface area contributed by atoms with Gasteiger partial charge in [0.2, 0.25) is 5.91 Å². The predicted molar refractivity (Wildman–Crippen MR) is 107 cm³/mol. The molecule has 0 radical (unpaired) electrons. The number of fused-ring (bicyclic) bond motifs is 1. The molecule has 6 heteroatoms. The summed E-state index contributed by atoms with van der Waals surface area (Å²) in [6.45, 7) is 0.746. The maximum absolute atomic E-state index is 12.9. The zero-order valence-corrected chi connectivity index (χ0v) is 16.0. The Morgan fingerprint density at radius 2 is 2.00 bits per heavy atom. The van der Waals surface area contributed by atoms with Crippen molar-refractivity contribution in [3.8, 4) is 0 Å². The van der Waals surface area contributed by atoms with Crippen LogP contribution in [0.2, 0.25) is 0 Å². The van der Waals surface area contributed by atoms with E-state index in [2.05, 4.69) is 5.32 Å². The van der Waals surface area contributed by atoms with Crippen molar-refractivity contribution >= 4 is 17.5 Å². The van der Waals surface area contributed by atoms with Crippen LogP contribution in [0.25, 0.3) is 0 Å². The van der Waals surface area contributed by atoms with Gasteiger partial charge in [-0.25, -0.2) is 0 Å². The van der Waals surface area contributed by atoms with E-state index >= 15 is 0 Å². The minimum Gasteiger partial charge on any atom is -0.459 e. The van der Waals surface area contributed by atoms with E-state index in [9.17, 15) is 9.59 Å². The van der Waals surface area contributed by atoms with E-state index < -0.39 is 0 Å². The van der Waals surface area contributed by atoms with Crippen molar-refractivity contribution in [2.45, 2.75) is 51.1 Å². The lowest BCUT2D eigenvalue weighted by molar-refractivity contribution is -0.117. The van der Waals surface area contributed by atoms with Crippen LogP contribution in [0.1, 0.15) is 53.8 Å². The highest BCUT2D eigenvalue weighted by Gasteiger charge is 2.30. The number of carbonyl (C=O) groups is 2. The van der Waals surface area contributed by atoms with E-state index in [1.165, 1.54) is 25.5 Å². The molecule has 4 rings (SSSR count). The van der Waals surface area contributed by atoms with Gasteiger partial charge >= 0.3 is 0 Å². The quantitative estimate of drug-likeness (QED) is 0.805. The summed E-state index contributed by atoms with van der Waals surface area (Å²) in [7, 11) is 0. The van der Waals surface area contributed by atoms with Gasteiger partial charge in [-0.2, -0.15) is 0 Å². The summed E-state index contributed by atoms with van der Waals surface area (Å²) >= 11 is 0. The van der Waals surface area contributed by atoms with Crippen molar-refractivity contribution in [2.75, 3.05) is 11.4 Å². The Balaban J connectivity index is 1.48. The largest absolute Gasteiger partial charge is 0.459 e. The highest BCUT2D eigenvalue weighted by atomic mass is 16.3. The van der Waals surface area contributed by atoms with Gasteiger partial charge < -0.3 is 20.4 Å². The fraction of sp³-hybridized carbons (Fsp3) is 0.455. The maximum atomic E-state index is 12.9. The number of furan rings is 1. The van der Waals surface area contributed by atoms with Crippen molar-refractivity contribution in [3.05, 3.63) is 53.5 Å². The lowest BCUT2D eigenvalue weighted by Gasteiger charge is -2.30. The molecule has 1 aromatic carbocycles. The molecule has 1 aliphatic carbocycles. The number of carbonyl (C=O) groups excluding carboxylic acids is 2. The Kier molecular flexibility index (Phi) is 5.48. The molecule has 1 atom stereocenters. The fourth-order valence-electron chi connectivity index (χ4n) is 4.46. The van der Waals surface area contributed by atoms with Gasteiger partial charge in [0.15, 0.2) is 5.76 Å². The van der Waals surface area contributed by atoms with E-state index in [-0.39, 0.29) is 23.6 Å². The second kappa shape index (κ2) is 8.19. The molecule has 28 heavy (non-hydrogen) atoms. The normalized spacial score (nSPS) is 18.2. The zero-order chi connectivity index (χ0) is 19.5. The van der Waals surface area contributed by atoms with Crippen molar-refractivity contribution in [1.82, 2.24) is 5.32 Å². The molecule has 2 amide bonds. The zero-order valence-electron chi connectivity index (χ0n) is 16.0. The van der Waals surface area contributed by atoms with Crippen LogP contribution in [0.4, 0.5) is 5.69 Å². The first-order chi connectivity index (χ1) is 13.7. The van der Waals surface area contributed by atoms with Gasteiger partial charge in [-0.1, -0.05) is 37.5 Å². The molecule has 1 aromatic heterocycles.